The van der Waals surface area contributed by atoms with Crippen LogP contribution in [0.15, 0.2) is 60.8 Å². The zero-order chi connectivity index (χ0) is 19.2. The van der Waals surface area contributed by atoms with Crippen molar-refractivity contribution in [2.24, 2.45) is 0 Å². The summed E-state index contributed by atoms with van der Waals surface area (Å²) in [6, 6.07) is 14.0. The van der Waals surface area contributed by atoms with Crippen molar-refractivity contribution in [2.75, 3.05) is 16.0 Å². The average molecular weight is 365 g/mol. The summed E-state index contributed by atoms with van der Waals surface area (Å²) in [7, 11) is 0. The molecule has 27 heavy (non-hydrogen) atoms. The van der Waals surface area contributed by atoms with E-state index in [1.54, 1.807) is 36.4 Å². The summed E-state index contributed by atoms with van der Waals surface area (Å²) >= 11 is 0. The van der Waals surface area contributed by atoms with Crippen LogP contribution in [0.25, 0.3) is 0 Å². The van der Waals surface area contributed by atoms with Crippen LogP contribution in [0.4, 0.5) is 27.4 Å². The Morgan fingerprint density at radius 2 is 1.63 bits per heavy atom. The lowest BCUT2D eigenvalue weighted by Crippen LogP contribution is -2.15. The van der Waals surface area contributed by atoms with E-state index in [9.17, 15) is 14.0 Å². The maximum atomic E-state index is 13.3. The molecule has 8 heteroatoms. The van der Waals surface area contributed by atoms with Crippen molar-refractivity contribution in [3.8, 4) is 0 Å². The number of carbonyl (C=O) groups is 2. The summed E-state index contributed by atoms with van der Waals surface area (Å²) in [5.74, 6) is -0.879. The highest BCUT2D eigenvalue weighted by Gasteiger charge is 2.10. The highest BCUT2D eigenvalue weighted by Crippen LogP contribution is 2.17. The van der Waals surface area contributed by atoms with E-state index in [0.717, 1.165) is 0 Å². The first kappa shape index (κ1) is 18.0. The van der Waals surface area contributed by atoms with E-state index >= 15 is 0 Å². The van der Waals surface area contributed by atoms with Crippen LogP contribution in [-0.4, -0.2) is 21.8 Å². The molecular formula is C19H16FN5O2. The molecule has 3 N–H and O–H groups in total. The Morgan fingerprint density at radius 3 is 2.37 bits per heavy atom. The van der Waals surface area contributed by atoms with Gasteiger partial charge in [-0.2, -0.15) is 0 Å². The van der Waals surface area contributed by atoms with Crippen molar-refractivity contribution in [3.05, 3.63) is 72.3 Å². The van der Waals surface area contributed by atoms with Crippen LogP contribution >= 0.6 is 0 Å². The summed E-state index contributed by atoms with van der Waals surface area (Å²) < 4.78 is 13.3. The molecule has 0 atom stereocenters. The lowest BCUT2D eigenvalue weighted by Gasteiger charge is -2.09. The molecule has 0 saturated heterocycles. The Balaban J connectivity index is 1.73. The molecule has 1 heterocycles. The lowest BCUT2D eigenvalue weighted by atomic mass is 10.2. The maximum Gasteiger partial charge on any atom is 0.274 e. The standard InChI is InChI=1S/C19H16FN5O2/c1-12(26)22-15-6-3-7-16(11-15)23-18(27)17-8-9-21-19(25-17)24-14-5-2-4-13(20)10-14/h2-11H,1H3,(H,22,26)(H,23,27)(H,21,24,25). The average Bonchev–Trinajstić information content (AvgIpc) is 2.62. The highest BCUT2D eigenvalue weighted by molar-refractivity contribution is 6.03. The number of hydrogen-bond acceptors (Lipinski definition) is 5. The van der Waals surface area contributed by atoms with Crippen LogP contribution in [0.2, 0.25) is 0 Å². The van der Waals surface area contributed by atoms with Crippen LogP contribution in [0.5, 0.6) is 0 Å². The number of hydrogen-bond donors (Lipinski definition) is 3. The van der Waals surface area contributed by atoms with E-state index in [1.807, 2.05) is 0 Å². The van der Waals surface area contributed by atoms with Crippen LogP contribution in [-0.2, 0) is 4.79 Å². The van der Waals surface area contributed by atoms with Crippen molar-refractivity contribution in [1.82, 2.24) is 9.97 Å². The van der Waals surface area contributed by atoms with Crippen LogP contribution in [0, 0.1) is 5.82 Å². The zero-order valence-electron chi connectivity index (χ0n) is 14.4. The SMILES string of the molecule is CC(=O)Nc1cccc(NC(=O)c2ccnc(Nc3cccc(F)c3)n2)c1. The number of amides is 2. The van der Waals surface area contributed by atoms with Gasteiger partial charge in [-0.1, -0.05) is 12.1 Å². The lowest BCUT2D eigenvalue weighted by molar-refractivity contribution is -0.114. The number of nitrogens with zero attached hydrogens (tertiary/aromatic N) is 2. The predicted molar refractivity (Wildman–Crippen MR) is 100 cm³/mol. The van der Waals surface area contributed by atoms with E-state index in [1.165, 1.54) is 31.3 Å². The Hall–Kier alpha value is -3.81. The van der Waals surface area contributed by atoms with Gasteiger partial charge in [0.15, 0.2) is 0 Å². The Bertz CT molecular complexity index is 993. The minimum atomic E-state index is -0.445. The van der Waals surface area contributed by atoms with Crippen molar-refractivity contribution < 1.29 is 14.0 Å². The van der Waals surface area contributed by atoms with Crippen LogP contribution < -0.4 is 16.0 Å². The number of aromatic nitrogens is 2. The third-order valence-electron chi connectivity index (χ3n) is 3.41. The minimum absolute atomic E-state index is 0.133. The van der Waals surface area contributed by atoms with E-state index < -0.39 is 11.7 Å². The molecule has 1 aromatic heterocycles. The van der Waals surface area contributed by atoms with Gasteiger partial charge in [0.1, 0.15) is 11.5 Å². The third-order valence-corrected chi connectivity index (χ3v) is 3.41. The summed E-state index contributed by atoms with van der Waals surface area (Å²) in [5.41, 5.74) is 1.67. The fourth-order valence-electron chi connectivity index (χ4n) is 2.31. The molecule has 2 aromatic carbocycles. The highest BCUT2D eigenvalue weighted by atomic mass is 19.1. The quantitative estimate of drug-likeness (QED) is 0.642. The largest absolute Gasteiger partial charge is 0.326 e. The van der Waals surface area contributed by atoms with Gasteiger partial charge in [0.05, 0.1) is 0 Å². The fourth-order valence-corrected chi connectivity index (χ4v) is 2.31. The molecule has 3 aromatic rings. The van der Waals surface area contributed by atoms with Gasteiger partial charge in [-0.3, -0.25) is 9.59 Å². The number of halogens is 1. The maximum absolute atomic E-state index is 13.3. The summed E-state index contributed by atoms with van der Waals surface area (Å²) in [6.45, 7) is 1.40. The molecule has 0 spiro atoms. The predicted octanol–water partition coefficient (Wildman–Crippen LogP) is 3.57. The molecule has 0 aliphatic heterocycles. The molecule has 136 valence electrons. The van der Waals surface area contributed by atoms with E-state index in [4.69, 9.17) is 0 Å². The van der Waals surface area contributed by atoms with Crippen LogP contribution in [0.3, 0.4) is 0 Å². The Morgan fingerprint density at radius 1 is 0.926 bits per heavy atom. The molecule has 3 rings (SSSR count). The molecule has 0 bridgehead atoms. The van der Waals surface area contributed by atoms with Crippen molar-refractivity contribution in [2.45, 2.75) is 6.92 Å². The Labute approximate surface area is 154 Å². The molecule has 0 radical (unpaired) electrons. The molecule has 0 unspecified atom stereocenters. The van der Waals surface area contributed by atoms with Crippen LogP contribution in [0.1, 0.15) is 17.4 Å². The molecule has 7 nitrogen and oxygen atoms in total. The van der Waals surface area contributed by atoms with Gasteiger partial charge in [0.25, 0.3) is 5.91 Å². The first-order chi connectivity index (χ1) is 13.0. The summed E-state index contributed by atoms with van der Waals surface area (Å²) in [6.07, 6.45) is 1.43. The molecule has 2 amide bonds. The fraction of sp³-hybridized carbons (Fsp3) is 0.0526. The molecule has 0 aliphatic carbocycles. The second-order valence-corrected chi connectivity index (χ2v) is 5.62. The van der Waals surface area contributed by atoms with Gasteiger partial charge in [-0.05, 0) is 42.5 Å². The van der Waals surface area contributed by atoms with E-state index in [0.29, 0.717) is 17.1 Å². The third kappa shape index (κ3) is 5.08. The van der Waals surface area contributed by atoms with Gasteiger partial charge in [0, 0.05) is 30.2 Å². The number of carbonyl (C=O) groups excluding carboxylic acids is 2. The van der Waals surface area contributed by atoms with Crippen molar-refractivity contribution in [1.29, 1.82) is 0 Å². The molecule has 0 aliphatic rings. The topological polar surface area (TPSA) is 96.0 Å². The Kier molecular flexibility index (Phi) is 5.36. The zero-order valence-corrected chi connectivity index (χ0v) is 14.4. The number of anilines is 4. The monoisotopic (exact) mass is 365 g/mol. The summed E-state index contributed by atoms with van der Waals surface area (Å²) in [5, 5.41) is 8.19. The van der Waals surface area contributed by atoms with Gasteiger partial charge in [-0.15, -0.1) is 0 Å². The first-order valence-corrected chi connectivity index (χ1v) is 8.04. The van der Waals surface area contributed by atoms with Gasteiger partial charge in [-0.25, -0.2) is 14.4 Å². The molecule has 0 saturated carbocycles. The number of nitrogens with one attached hydrogen (secondary N) is 3. The minimum Gasteiger partial charge on any atom is -0.326 e. The second kappa shape index (κ2) is 8.05. The van der Waals surface area contributed by atoms with Gasteiger partial charge >= 0.3 is 0 Å². The second-order valence-electron chi connectivity index (χ2n) is 5.62. The number of benzene rings is 2. The summed E-state index contributed by atoms with van der Waals surface area (Å²) in [4.78, 5) is 31.7. The smallest absolute Gasteiger partial charge is 0.274 e. The van der Waals surface area contributed by atoms with E-state index in [2.05, 4.69) is 25.9 Å². The molecule has 0 fully saturated rings. The van der Waals surface area contributed by atoms with Crippen molar-refractivity contribution >= 4 is 34.8 Å². The van der Waals surface area contributed by atoms with Gasteiger partial charge in [0.2, 0.25) is 11.9 Å². The number of rotatable bonds is 5. The normalized spacial score (nSPS) is 10.1. The van der Waals surface area contributed by atoms with Crippen molar-refractivity contribution in [3.63, 3.8) is 0 Å². The van der Waals surface area contributed by atoms with E-state index in [-0.39, 0.29) is 17.5 Å². The first-order valence-electron chi connectivity index (χ1n) is 8.04. The molecular weight excluding hydrogens is 349 g/mol. The van der Waals surface area contributed by atoms with Gasteiger partial charge < -0.3 is 16.0 Å².